The average Bonchev–Trinajstić information content (AvgIpc) is 2.87. The van der Waals surface area contributed by atoms with Gasteiger partial charge in [0, 0.05) is 36.6 Å². The number of benzene rings is 3. The molecule has 0 spiro atoms. The van der Waals surface area contributed by atoms with Crippen molar-refractivity contribution in [1.29, 1.82) is 5.26 Å². The van der Waals surface area contributed by atoms with E-state index in [0.29, 0.717) is 42.0 Å². The summed E-state index contributed by atoms with van der Waals surface area (Å²) < 4.78 is 0. The number of nitrogens with one attached hydrogen (secondary N) is 3. The number of rotatable bonds is 5. The molecule has 0 bridgehead atoms. The molecule has 35 heavy (non-hydrogen) atoms. The number of hydrogen-bond acceptors (Lipinski definition) is 4. The summed E-state index contributed by atoms with van der Waals surface area (Å²) in [5.74, 6) is -0.267. The van der Waals surface area contributed by atoms with Gasteiger partial charge in [-0.05, 0) is 71.6 Å². The third-order valence-corrected chi connectivity index (χ3v) is 5.66. The van der Waals surface area contributed by atoms with Crippen molar-refractivity contribution in [2.24, 2.45) is 0 Å². The molecular formula is C26H23N5O4. The zero-order valence-electron chi connectivity index (χ0n) is 18.7. The summed E-state index contributed by atoms with van der Waals surface area (Å²) >= 11 is 0. The molecule has 0 aromatic heterocycles. The summed E-state index contributed by atoms with van der Waals surface area (Å²) in [6.45, 7) is 0.978. The lowest BCUT2D eigenvalue weighted by Crippen LogP contribution is -2.34. The summed E-state index contributed by atoms with van der Waals surface area (Å²) in [7, 11) is 0. The molecule has 0 atom stereocenters. The van der Waals surface area contributed by atoms with E-state index in [1.165, 1.54) is 4.90 Å². The van der Waals surface area contributed by atoms with Gasteiger partial charge in [0.1, 0.15) is 0 Å². The second-order valence-corrected chi connectivity index (χ2v) is 8.09. The second kappa shape index (κ2) is 10.4. The first-order valence-corrected chi connectivity index (χ1v) is 11.0. The normalized spacial score (nSPS) is 12.1. The molecular weight excluding hydrogens is 446 g/mol. The van der Waals surface area contributed by atoms with Crippen molar-refractivity contribution in [2.45, 2.75) is 19.5 Å². The molecule has 9 heteroatoms. The minimum Gasteiger partial charge on any atom is -0.465 e. The highest BCUT2D eigenvalue weighted by Crippen LogP contribution is 2.21. The van der Waals surface area contributed by atoms with Gasteiger partial charge in [-0.3, -0.25) is 4.79 Å². The number of anilines is 2. The van der Waals surface area contributed by atoms with E-state index in [1.807, 2.05) is 18.2 Å². The van der Waals surface area contributed by atoms with Crippen LogP contribution in [-0.4, -0.2) is 34.6 Å². The van der Waals surface area contributed by atoms with E-state index < -0.39 is 6.09 Å². The molecule has 4 N–H and O–H groups in total. The largest absolute Gasteiger partial charge is 0.465 e. The highest BCUT2D eigenvalue weighted by molar-refractivity contribution is 6.04. The molecule has 1 aliphatic rings. The van der Waals surface area contributed by atoms with E-state index in [1.54, 1.807) is 54.6 Å². The monoisotopic (exact) mass is 469 g/mol. The molecule has 3 aromatic rings. The Balaban J connectivity index is 1.33. The van der Waals surface area contributed by atoms with Crippen molar-refractivity contribution >= 4 is 29.4 Å². The van der Waals surface area contributed by atoms with Crippen LogP contribution < -0.4 is 16.0 Å². The van der Waals surface area contributed by atoms with Crippen LogP contribution in [0.2, 0.25) is 0 Å². The Morgan fingerprint density at radius 2 is 1.74 bits per heavy atom. The molecule has 1 heterocycles. The van der Waals surface area contributed by atoms with E-state index in [-0.39, 0.29) is 18.5 Å². The van der Waals surface area contributed by atoms with Gasteiger partial charge in [0.15, 0.2) is 0 Å². The van der Waals surface area contributed by atoms with Gasteiger partial charge in [0.25, 0.3) is 5.91 Å². The molecule has 4 rings (SSSR count). The molecule has 0 saturated heterocycles. The van der Waals surface area contributed by atoms with Crippen molar-refractivity contribution in [3.05, 3.63) is 94.5 Å². The van der Waals surface area contributed by atoms with Crippen molar-refractivity contribution in [1.82, 2.24) is 10.2 Å². The third kappa shape index (κ3) is 5.94. The van der Waals surface area contributed by atoms with Crippen LogP contribution in [0.4, 0.5) is 21.0 Å². The fourth-order valence-corrected chi connectivity index (χ4v) is 3.81. The van der Waals surface area contributed by atoms with Gasteiger partial charge >= 0.3 is 12.1 Å². The summed E-state index contributed by atoms with van der Waals surface area (Å²) in [6, 6.07) is 20.6. The van der Waals surface area contributed by atoms with Crippen molar-refractivity contribution < 1.29 is 19.5 Å². The number of hydrogen-bond donors (Lipinski definition) is 4. The lowest BCUT2D eigenvalue weighted by atomic mass is 9.97. The first kappa shape index (κ1) is 23.3. The highest BCUT2D eigenvalue weighted by atomic mass is 16.4. The van der Waals surface area contributed by atoms with Gasteiger partial charge in [-0.1, -0.05) is 18.2 Å². The molecule has 0 fully saturated rings. The molecule has 1 aliphatic heterocycles. The second-order valence-electron chi connectivity index (χ2n) is 8.09. The number of nitriles is 1. The number of carbonyl (C=O) groups is 3. The first-order chi connectivity index (χ1) is 16.9. The summed E-state index contributed by atoms with van der Waals surface area (Å²) in [4.78, 5) is 37.5. The molecule has 4 amide bonds. The lowest BCUT2D eigenvalue weighted by Gasteiger charge is -2.26. The predicted molar refractivity (Wildman–Crippen MR) is 130 cm³/mol. The van der Waals surface area contributed by atoms with Crippen LogP contribution in [0.15, 0.2) is 66.7 Å². The lowest BCUT2D eigenvalue weighted by molar-refractivity contribution is 0.102. The Kier molecular flexibility index (Phi) is 6.93. The van der Waals surface area contributed by atoms with Crippen LogP contribution in [0.1, 0.15) is 32.6 Å². The fraction of sp³-hybridized carbons (Fsp3) is 0.154. The van der Waals surface area contributed by atoms with Crippen molar-refractivity contribution in [3.63, 3.8) is 0 Å². The Bertz CT molecular complexity index is 1310. The van der Waals surface area contributed by atoms with Crippen LogP contribution in [0.3, 0.4) is 0 Å². The SMILES string of the molecule is N#Cc1ccc(NC(=O)NCc2cccc(NC(=O)c3ccc4c(c3)CCN(C(=O)O)C4)c2)cc1. The molecule has 9 nitrogen and oxygen atoms in total. The van der Waals surface area contributed by atoms with Gasteiger partial charge < -0.3 is 26.0 Å². The minimum atomic E-state index is -0.946. The average molecular weight is 470 g/mol. The smallest absolute Gasteiger partial charge is 0.407 e. The Hall–Kier alpha value is -4.84. The number of carboxylic acid groups (broad SMARTS) is 1. The number of fused-ring (bicyclic) bond motifs is 1. The number of nitrogens with zero attached hydrogens (tertiary/aromatic N) is 2. The summed E-state index contributed by atoms with van der Waals surface area (Å²) in [6.07, 6.45) is -0.382. The van der Waals surface area contributed by atoms with Crippen LogP contribution in [0, 0.1) is 11.3 Å². The van der Waals surface area contributed by atoms with Gasteiger partial charge in [-0.2, -0.15) is 5.26 Å². The third-order valence-electron chi connectivity index (χ3n) is 5.66. The van der Waals surface area contributed by atoms with E-state index >= 15 is 0 Å². The van der Waals surface area contributed by atoms with E-state index in [0.717, 1.165) is 16.7 Å². The zero-order valence-corrected chi connectivity index (χ0v) is 18.7. The molecule has 0 radical (unpaired) electrons. The van der Waals surface area contributed by atoms with E-state index in [2.05, 4.69) is 16.0 Å². The Morgan fingerprint density at radius 3 is 2.49 bits per heavy atom. The fourth-order valence-electron chi connectivity index (χ4n) is 3.81. The van der Waals surface area contributed by atoms with Crippen molar-refractivity contribution in [2.75, 3.05) is 17.2 Å². The highest BCUT2D eigenvalue weighted by Gasteiger charge is 2.21. The topological polar surface area (TPSA) is 135 Å². The Labute approximate surface area is 202 Å². The molecule has 0 saturated carbocycles. The summed E-state index contributed by atoms with van der Waals surface area (Å²) in [5.41, 5.74) is 4.86. The van der Waals surface area contributed by atoms with Gasteiger partial charge in [0.2, 0.25) is 0 Å². The standard InChI is InChI=1S/C26H23N5O4/c27-14-17-4-8-22(9-5-17)30-25(33)28-15-18-2-1-3-23(12-18)29-24(32)20-6-7-21-16-31(26(34)35)11-10-19(21)13-20/h1-9,12-13H,10-11,15-16H2,(H,29,32)(H,34,35)(H2,28,30,33). The maximum atomic E-state index is 12.8. The van der Waals surface area contributed by atoms with E-state index in [4.69, 9.17) is 5.26 Å². The maximum absolute atomic E-state index is 12.8. The molecule has 0 aliphatic carbocycles. The Morgan fingerprint density at radius 1 is 0.943 bits per heavy atom. The minimum absolute atomic E-state index is 0.255. The zero-order chi connectivity index (χ0) is 24.8. The molecule has 0 unspecified atom stereocenters. The van der Waals surface area contributed by atoms with Crippen LogP contribution in [0.25, 0.3) is 0 Å². The van der Waals surface area contributed by atoms with Crippen LogP contribution in [-0.2, 0) is 19.5 Å². The summed E-state index contributed by atoms with van der Waals surface area (Å²) in [5, 5.41) is 26.3. The number of urea groups is 1. The predicted octanol–water partition coefficient (Wildman–Crippen LogP) is 4.17. The number of amides is 4. The van der Waals surface area contributed by atoms with Crippen LogP contribution in [0.5, 0.6) is 0 Å². The van der Waals surface area contributed by atoms with Gasteiger partial charge in [-0.15, -0.1) is 0 Å². The van der Waals surface area contributed by atoms with Gasteiger partial charge in [-0.25, -0.2) is 9.59 Å². The number of carbonyl (C=O) groups excluding carboxylic acids is 2. The van der Waals surface area contributed by atoms with Gasteiger partial charge in [0.05, 0.1) is 11.6 Å². The quantitative estimate of drug-likeness (QED) is 0.445. The molecule has 3 aromatic carbocycles. The van der Waals surface area contributed by atoms with E-state index in [9.17, 15) is 19.5 Å². The van der Waals surface area contributed by atoms with Crippen molar-refractivity contribution in [3.8, 4) is 6.07 Å². The maximum Gasteiger partial charge on any atom is 0.407 e. The first-order valence-electron chi connectivity index (χ1n) is 11.0. The van der Waals surface area contributed by atoms with Crippen LogP contribution >= 0.6 is 0 Å². The molecule has 176 valence electrons.